The Hall–Kier alpha value is -3.31. The summed E-state index contributed by atoms with van der Waals surface area (Å²) in [5.41, 5.74) is 4.41. The molecule has 0 N–H and O–H groups in total. The summed E-state index contributed by atoms with van der Waals surface area (Å²) >= 11 is 0. The number of sulfone groups is 1. The van der Waals surface area contributed by atoms with Crippen LogP contribution in [-0.2, 0) is 9.84 Å². The van der Waals surface area contributed by atoms with Crippen LogP contribution in [0.25, 0.3) is 11.1 Å². The summed E-state index contributed by atoms with van der Waals surface area (Å²) in [6.07, 6.45) is 0. The van der Waals surface area contributed by atoms with E-state index >= 15 is 0 Å². The Bertz CT molecular complexity index is 1340. The van der Waals surface area contributed by atoms with Gasteiger partial charge < -0.3 is 4.42 Å². The second-order valence-electron chi connectivity index (χ2n) is 7.22. The number of fused-ring (bicyclic) bond motifs is 2. The van der Waals surface area contributed by atoms with E-state index in [0.717, 1.165) is 22.4 Å². The van der Waals surface area contributed by atoms with Gasteiger partial charge >= 0.3 is 0 Å². The molecule has 0 aliphatic carbocycles. The number of aryl methyl sites for hydroxylation is 2. The minimum Gasteiger partial charge on any atom is -0.444 e. The van der Waals surface area contributed by atoms with Crippen LogP contribution in [0.4, 0.5) is 17.3 Å². The minimum absolute atomic E-state index is 0.205. The Balaban J connectivity index is 1.85. The predicted molar refractivity (Wildman–Crippen MR) is 114 cm³/mol. The van der Waals surface area contributed by atoms with Crippen molar-refractivity contribution in [3.63, 3.8) is 0 Å². The maximum Gasteiger partial charge on any atom is 0.223 e. The Kier molecular flexibility index (Phi) is 3.89. The molecule has 0 unspecified atom stereocenters. The fourth-order valence-electron chi connectivity index (χ4n) is 3.85. The van der Waals surface area contributed by atoms with Crippen molar-refractivity contribution in [2.75, 3.05) is 4.90 Å². The molecule has 0 bridgehead atoms. The number of nitrogens with zero attached hydrogens (tertiary/aromatic N) is 1. The third-order valence-corrected chi connectivity index (χ3v) is 6.95. The molecule has 4 aromatic rings. The van der Waals surface area contributed by atoms with E-state index in [-0.39, 0.29) is 4.90 Å². The molecule has 0 radical (unpaired) electrons. The van der Waals surface area contributed by atoms with Gasteiger partial charge in [-0.25, -0.2) is 8.42 Å². The maximum atomic E-state index is 13.3. The van der Waals surface area contributed by atoms with Crippen LogP contribution in [0.1, 0.15) is 11.3 Å². The number of anilines is 3. The van der Waals surface area contributed by atoms with Gasteiger partial charge in [-0.15, -0.1) is 0 Å². The molecule has 29 heavy (non-hydrogen) atoms. The van der Waals surface area contributed by atoms with E-state index in [0.29, 0.717) is 22.2 Å². The molecule has 5 rings (SSSR count). The van der Waals surface area contributed by atoms with Crippen molar-refractivity contribution in [3.8, 4) is 11.1 Å². The van der Waals surface area contributed by atoms with Gasteiger partial charge in [0.25, 0.3) is 0 Å². The molecule has 144 valence electrons. The zero-order valence-corrected chi connectivity index (χ0v) is 16.9. The predicted octanol–water partition coefficient (Wildman–Crippen LogP) is 6.18. The van der Waals surface area contributed by atoms with E-state index < -0.39 is 9.84 Å². The number of hydrogen-bond donors (Lipinski definition) is 0. The highest BCUT2D eigenvalue weighted by Crippen LogP contribution is 2.51. The molecular weight excluding hydrogens is 382 g/mol. The van der Waals surface area contributed by atoms with Gasteiger partial charge in [-0.1, -0.05) is 54.6 Å². The van der Waals surface area contributed by atoms with Crippen LogP contribution in [0.2, 0.25) is 0 Å². The van der Waals surface area contributed by atoms with Crippen molar-refractivity contribution in [3.05, 3.63) is 90.2 Å². The quantitative estimate of drug-likeness (QED) is 0.354. The fourth-order valence-corrected chi connectivity index (χ4v) is 5.54. The second kappa shape index (κ2) is 6.36. The molecule has 3 aromatic carbocycles. The highest BCUT2D eigenvalue weighted by atomic mass is 32.2. The summed E-state index contributed by atoms with van der Waals surface area (Å²) in [6, 6.07) is 25.1. The Labute approximate surface area is 170 Å². The fraction of sp³-hybridized carbons (Fsp3) is 0.0833. The number of hydrogen-bond acceptors (Lipinski definition) is 4. The summed E-state index contributed by atoms with van der Waals surface area (Å²) < 4.78 is 32.5. The van der Waals surface area contributed by atoms with Crippen molar-refractivity contribution >= 4 is 27.1 Å². The summed E-state index contributed by atoms with van der Waals surface area (Å²) in [4.78, 5) is 2.42. The third kappa shape index (κ3) is 2.69. The van der Waals surface area contributed by atoms with E-state index in [1.54, 1.807) is 19.1 Å². The standard InChI is InChI=1S/C24H19NO3S/c1-16-12-13-21-22(14-16)29(26,27)23-15-17(2)28-24(23)25(21)20-11-7-6-10-19(20)18-8-4-3-5-9-18/h3-15H,1-2H3. The monoisotopic (exact) mass is 401 g/mol. The van der Waals surface area contributed by atoms with Gasteiger partial charge in [0.05, 0.1) is 16.3 Å². The topological polar surface area (TPSA) is 50.5 Å². The molecule has 1 aliphatic heterocycles. The summed E-state index contributed by atoms with van der Waals surface area (Å²) in [7, 11) is -3.66. The van der Waals surface area contributed by atoms with Crippen LogP contribution in [0, 0.1) is 13.8 Å². The third-order valence-electron chi connectivity index (χ3n) is 5.17. The first-order valence-electron chi connectivity index (χ1n) is 9.37. The highest BCUT2D eigenvalue weighted by molar-refractivity contribution is 7.92. The van der Waals surface area contributed by atoms with Crippen LogP contribution in [0.15, 0.2) is 93.1 Å². The van der Waals surface area contributed by atoms with Crippen LogP contribution in [0.5, 0.6) is 0 Å². The van der Waals surface area contributed by atoms with Crippen LogP contribution in [-0.4, -0.2) is 8.42 Å². The van der Waals surface area contributed by atoms with Gasteiger partial charge in [0.2, 0.25) is 15.7 Å². The normalized spacial score (nSPS) is 14.3. The van der Waals surface area contributed by atoms with Crippen LogP contribution in [0.3, 0.4) is 0 Å². The molecule has 4 nitrogen and oxygen atoms in total. The SMILES string of the molecule is Cc1ccc2c(c1)S(=O)(=O)c1cc(C)oc1N2c1ccccc1-c1ccccc1. The van der Waals surface area contributed by atoms with Gasteiger partial charge in [-0.2, -0.15) is 0 Å². The first-order chi connectivity index (χ1) is 14.0. The largest absolute Gasteiger partial charge is 0.444 e. The minimum atomic E-state index is -3.66. The molecule has 1 aliphatic rings. The first kappa shape index (κ1) is 17.8. The van der Waals surface area contributed by atoms with Gasteiger partial charge in [-0.05, 0) is 43.2 Å². The molecule has 1 aromatic heterocycles. The van der Waals surface area contributed by atoms with Crippen molar-refractivity contribution < 1.29 is 12.8 Å². The molecule has 0 fully saturated rings. The molecule has 5 heteroatoms. The summed E-state index contributed by atoms with van der Waals surface area (Å²) in [5.74, 6) is 0.896. The molecule has 2 heterocycles. The smallest absolute Gasteiger partial charge is 0.223 e. The average Bonchev–Trinajstić information content (AvgIpc) is 3.12. The number of para-hydroxylation sites is 1. The van der Waals surface area contributed by atoms with Crippen molar-refractivity contribution in [2.45, 2.75) is 23.6 Å². The maximum absolute atomic E-state index is 13.3. The molecule has 0 spiro atoms. The van der Waals surface area contributed by atoms with Crippen molar-refractivity contribution in [1.29, 1.82) is 0 Å². The Morgan fingerprint density at radius 2 is 1.48 bits per heavy atom. The summed E-state index contributed by atoms with van der Waals surface area (Å²) in [6.45, 7) is 3.67. The van der Waals surface area contributed by atoms with Crippen molar-refractivity contribution in [1.82, 2.24) is 0 Å². The van der Waals surface area contributed by atoms with Crippen LogP contribution < -0.4 is 4.90 Å². The van der Waals surface area contributed by atoms with E-state index in [9.17, 15) is 8.42 Å². The number of furan rings is 1. The summed E-state index contributed by atoms with van der Waals surface area (Å²) in [5, 5.41) is 0. The van der Waals surface area contributed by atoms with E-state index in [1.165, 1.54) is 0 Å². The zero-order chi connectivity index (χ0) is 20.2. The Morgan fingerprint density at radius 1 is 0.759 bits per heavy atom. The van der Waals surface area contributed by atoms with Crippen molar-refractivity contribution in [2.24, 2.45) is 0 Å². The molecule has 0 amide bonds. The zero-order valence-electron chi connectivity index (χ0n) is 16.1. The van der Waals surface area contributed by atoms with Gasteiger partial charge in [0, 0.05) is 11.6 Å². The Morgan fingerprint density at radius 3 is 2.28 bits per heavy atom. The van der Waals surface area contributed by atoms with E-state index in [1.807, 2.05) is 78.6 Å². The number of rotatable bonds is 2. The lowest BCUT2D eigenvalue weighted by atomic mass is 10.0. The van der Waals surface area contributed by atoms with Gasteiger partial charge in [0.15, 0.2) is 0 Å². The van der Waals surface area contributed by atoms with Gasteiger partial charge in [-0.3, -0.25) is 4.90 Å². The lowest BCUT2D eigenvalue weighted by molar-refractivity contribution is 0.532. The van der Waals surface area contributed by atoms with E-state index in [4.69, 9.17) is 4.42 Å². The van der Waals surface area contributed by atoms with Gasteiger partial charge in [0.1, 0.15) is 10.7 Å². The van der Waals surface area contributed by atoms with Crippen LogP contribution >= 0.6 is 0 Å². The molecule has 0 saturated heterocycles. The number of benzene rings is 3. The molecule has 0 saturated carbocycles. The van der Waals surface area contributed by atoms with E-state index in [2.05, 4.69) is 0 Å². The molecular formula is C24H19NO3S. The molecule has 0 atom stereocenters. The average molecular weight is 401 g/mol. The lowest BCUT2D eigenvalue weighted by Gasteiger charge is -2.31. The lowest BCUT2D eigenvalue weighted by Crippen LogP contribution is -2.21. The second-order valence-corrected chi connectivity index (χ2v) is 9.11. The highest BCUT2D eigenvalue weighted by Gasteiger charge is 2.38. The first-order valence-corrected chi connectivity index (χ1v) is 10.9.